The number of H-pyrrole nitrogens is 1. The Morgan fingerprint density at radius 2 is 1.97 bits per heavy atom. The molecular weight excluding hydrogens is 398 g/mol. The molecule has 3 N–H and O–H groups in total. The highest BCUT2D eigenvalue weighted by atomic mass is 16.4. The summed E-state index contributed by atoms with van der Waals surface area (Å²) >= 11 is 0. The molecule has 0 radical (unpaired) electrons. The van der Waals surface area contributed by atoms with Gasteiger partial charge in [-0.05, 0) is 55.9 Å². The lowest BCUT2D eigenvalue weighted by atomic mass is 10.1. The van der Waals surface area contributed by atoms with Gasteiger partial charge in [0.15, 0.2) is 11.5 Å². The van der Waals surface area contributed by atoms with Crippen LogP contribution in [0.2, 0.25) is 0 Å². The quantitative estimate of drug-likeness (QED) is 0.335. The third kappa shape index (κ3) is 4.99. The first-order valence-corrected chi connectivity index (χ1v) is 10.8. The van der Waals surface area contributed by atoms with Crippen LogP contribution < -0.4 is 16.6 Å². The minimum absolute atomic E-state index is 0.154. The predicted octanol–water partition coefficient (Wildman–Crippen LogP) is 2.18. The lowest BCUT2D eigenvalue weighted by molar-refractivity contribution is -0.137. The SMILES string of the molecule is Cc1cc2nc3c(=O)[nH]c(=O)nc-3n(CCCCCCC(=O)O)c2cc1CNC1CC1. The zero-order valence-electron chi connectivity index (χ0n) is 17.6. The molecule has 0 unspecified atom stereocenters. The zero-order chi connectivity index (χ0) is 22.0. The molecule has 1 aromatic rings. The van der Waals surface area contributed by atoms with Crippen LogP contribution in [0.15, 0.2) is 21.7 Å². The summed E-state index contributed by atoms with van der Waals surface area (Å²) in [6.45, 7) is 3.36. The molecule has 1 saturated carbocycles. The van der Waals surface area contributed by atoms with Gasteiger partial charge in [-0.3, -0.25) is 14.6 Å². The fourth-order valence-corrected chi connectivity index (χ4v) is 3.85. The number of unbranched alkanes of at least 4 members (excludes halogenated alkanes) is 3. The van der Waals surface area contributed by atoms with Gasteiger partial charge in [0, 0.05) is 25.6 Å². The molecule has 0 amide bonds. The molecule has 0 saturated heterocycles. The zero-order valence-corrected chi connectivity index (χ0v) is 17.6. The van der Waals surface area contributed by atoms with Gasteiger partial charge in [0.2, 0.25) is 0 Å². The number of aromatic amines is 1. The second kappa shape index (κ2) is 8.97. The average molecular weight is 425 g/mol. The van der Waals surface area contributed by atoms with E-state index in [9.17, 15) is 14.4 Å². The lowest BCUT2D eigenvalue weighted by Crippen LogP contribution is -2.29. The van der Waals surface area contributed by atoms with Gasteiger partial charge >= 0.3 is 11.7 Å². The standard InChI is InChI=1S/C22H27N5O4/c1-13-10-16-17(11-14(13)12-23-15-7-8-15)27(9-5-3-2-4-6-18(28)29)20-19(24-16)21(30)26-22(31)25-20/h10-11,15,23H,2-9,12H2,1H3,(H,28,29)(H,26,30,31). The Balaban J connectivity index is 1.69. The summed E-state index contributed by atoms with van der Waals surface area (Å²) < 4.78 is 1.91. The number of hydrogen-bond donors (Lipinski definition) is 3. The first kappa shape index (κ1) is 21.2. The van der Waals surface area contributed by atoms with Crippen molar-refractivity contribution in [3.05, 3.63) is 44.1 Å². The van der Waals surface area contributed by atoms with Gasteiger partial charge in [0.25, 0.3) is 5.56 Å². The van der Waals surface area contributed by atoms with Gasteiger partial charge in [0.1, 0.15) is 0 Å². The number of aromatic nitrogens is 4. The lowest BCUT2D eigenvalue weighted by Gasteiger charge is -2.18. The van der Waals surface area contributed by atoms with E-state index in [0.717, 1.165) is 42.5 Å². The molecule has 0 atom stereocenters. The molecule has 0 bridgehead atoms. The summed E-state index contributed by atoms with van der Waals surface area (Å²) in [6, 6.07) is 4.64. The number of fused-ring (bicyclic) bond motifs is 2. The van der Waals surface area contributed by atoms with E-state index in [1.54, 1.807) is 0 Å². The summed E-state index contributed by atoms with van der Waals surface area (Å²) in [6.07, 6.45) is 5.66. The largest absolute Gasteiger partial charge is 0.481 e. The van der Waals surface area contributed by atoms with Gasteiger partial charge in [0.05, 0.1) is 11.0 Å². The van der Waals surface area contributed by atoms with E-state index in [4.69, 9.17) is 5.11 Å². The smallest absolute Gasteiger partial charge is 0.349 e. The molecule has 3 aliphatic rings. The molecule has 1 fully saturated rings. The number of benzene rings is 1. The summed E-state index contributed by atoms with van der Waals surface area (Å²) in [5.41, 5.74) is 2.72. The van der Waals surface area contributed by atoms with Gasteiger partial charge in [-0.2, -0.15) is 4.98 Å². The van der Waals surface area contributed by atoms with Gasteiger partial charge in [-0.15, -0.1) is 0 Å². The number of hydrogen-bond acceptors (Lipinski definition) is 6. The Kier molecular flexibility index (Phi) is 6.13. The minimum Gasteiger partial charge on any atom is -0.481 e. The van der Waals surface area contributed by atoms with E-state index in [-0.39, 0.29) is 17.9 Å². The Morgan fingerprint density at radius 3 is 2.71 bits per heavy atom. The molecular formula is C22H27N5O4. The molecule has 2 aliphatic heterocycles. The van der Waals surface area contributed by atoms with Crippen LogP contribution in [-0.2, 0) is 17.9 Å². The fourth-order valence-electron chi connectivity index (χ4n) is 3.85. The molecule has 1 aromatic carbocycles. The monoisotopic (exact) mass is 425 g/mol. The first-order valence-electron chi connectivity index (χ1n) is 10.8. The van der Waals surface area contributed by atoms with E-state index in [1.165, 1.54) is 12.8 Å². The van der Waals surface area contributed by atoms with Crippen molar-refractivity contribution in [2.45, 2.75) is 71.0 Å². The van der Waals surface area contributed by atoms with Crippen LogP contribution in [0, 0.1) is 6.92 Å². The average Bonchev–Trinajstić information content (AvgIpc) is 3.53. The third-order valence-corrected chi connectivity index (χ3v) is 5.75. The van der Waals surface area contributed by atoms with Crippen molar-refractivity contribution in [1.82, 2.24) is 24.8 Å². The van der Waals surface area contributed by atoms with Gasteiger partial charge < -0.3 is 15.0 Å². The van der Waals surface area contributed by atoms with Crippen LogP contribution in [0.5, 0.6) is 0 Å². The number of carbonyl (C=O) groups is 1. The second-order valence-corrected chi connectivity index (χ2v) is 8.29. The molecule has 2 heterocycles. The summed E-state index contributed by atoms with van der Waals surface area (Å²) in [5.74, 6) is -0.494. The van der Waals surface area contributed by atoms with Crippen LogP contribution in [0.1, 0.15) is 56.1 Å². The topological polar surface area (TPSA) is 130 Å². The molecule has 164 valence electrons. The minimum atomic E-state index is -0.783. The second-order valence-electron chi connectivity index (χ2n) is 8.29. The molecule has 31 heavy (non-hydrogen) atoms. The number of aliphatic carboxylic acids is 1. The van der Waals surface area contributed by atoms with Crippen LogP contribution in [0.3, 0.4) is 0 Å². The van der Waals surface area contributed by atoms with Crippen molar-refractivity contribution >= 4 is 17.0 Å². The highest BCUT2D eigenvalue weighted by molar-refractivity contribution is 5.81. The van der Waals surface area contributed by atoms with Crippen molar-refractivity contribution in [1.29, 1.82) is 0 Å². The number of aryl methyl sites for hydroxylation is 2. The molecule has 0 aromatic heterocycles. The Bertz CT molecular complexity index is 1190. The Hall–Kier alpha value is -3.07. The van der Waals surface area contributed by atoms with Crippen molar-refractivity contribution in [2.24, 2.45) is 0 Å². The maximum Gasteiger partial charge on any atom is 0.349 e. The summed E-state index contributed by atoms with van der Waals surface area (Å²) in [4.78, 5) is 45.7. The van der Waals surface area contributed by atoms with E-state index >= 15 is 0 Å². The fraction of sp³-hybridized carbons (Fsp3) is 0.500. The highest BCUT2D eigenvalue weighted by Gasteiger charge is 2.22. The molecule has 0 spiro atoms. The van der Waals surface area contributed by atoms with Crippen LogP contribution in [0.4, 0.5) is 0 Å². The molecule has 4 rings (SSSR count). The van der Waals surface area contributed by atoms with Crippen LogP contribution in [0.25, 0.3) is 22.6 Å². The number of nitrogens with one attached hydrogen (secondary N) is 2. The Labute approximate surface area is 178 Å². The number of nitrogens with zero attached hydrogens (tertiary/aromatic N) is 3. The van der Waals surface area contributed by atoms with Crippen molar-refractivity contribution < 1.29 is 9.90 Å². The summed E-state index contributed by atoms with van der Waals surface area (Å²) in [5, 5.41) is 12.3. The molecule has 9 nitrogen and oxygen atoms in total. The van der Waals surface area contributed by atoms with Crippen molar-refractivity contribution in [3.63, 3.8) is 0 Å². The maximum atomic E-state index is 12.4. The van der Waals surface area contributed by atoms with Crippen LogP contribution >= 0.6 is 0 Å². The Morgan fingerprint density at radius 1 is 1.19 bits per heavy atom. The highest BCUT2D eigenvalue weighted by Crippen LogP contribution is 2.26. The van der Waals surface area contributed by atoms with Crippen molar-refractivity contribution in [3.8, 4) is 11.5 Å². The molecule has 9 heteroatoms. The van der Waals surface area contributed by atoms with E-state index in [0.29, 0.717) is 24.5 Å². The van der Waals surface area contributed by atoms with E-state index < -0.39 is 17.2 Å². The van der Waals surface area contributed by atoms with Crippen LogP contribution in [-0.4, -0.2) is 36.6 Å². The van der Waals surface area contributed by atoms with Gasteiger partial charge in [-0.1, -0.05) is 12.8 Å². The predicted molar refractivity (Wildman–Crippen MR) is 116 cm³/mol. The first-order chi connectivity index (χ1) is 14.9. The van der Waals surface area contributed by atoms with E-state index in [2.05, 4.69) is 26.3 Å². The number of rotatable bonds is 10. The number of carboxylic acids is 1. The van der Waals surface area contributed by atoms with Gasteiger partial charge in [-0.25, -0.2) is 9.78 Å². The normalized spacial score (nSPS) is 13.8. The van der Waals surface area contributed by atoms with Crippen molar-refractivity contribution in [2.75, 3.05) is 0 Å². The maximum absolute atomic E-state index is 12.4. The number of carboxylic acid groups (broad SMARTS) is 1. The van der Waals surface area contributed by atoms with E-state index in [1.807, 2.05) is 17.6 Å². The summed E-state index contributed by atoms with van der Waals surface area (Å²) in [7, 11) is 0. The third-order valence-electron chi connectivity index (χ3n) is 5.75. The molecule has 1 aliphatic carbocycles.